The molecule has 88 valence electrons. The average molecular weight is 236 g/mol. The van der Waals surface area contributed by atoms with Crippen LogP contribution in [0.5, 0.6) is 5.75 Å². The van der Waals surface area contributed by atoms with E-state index in [0.717, 1.165) is 11.9 Å². The minimum Gasteiger partial charge on any atom is -0.496 e. The maximum absolute atomic E-state index is 5.52. The molecule has 1 fully saturated rings. The summed E-state index contributed by atoms with van der Waals surface area (Å²) in [4.78, 5) is 0. The highest BCUT2D eigenvalue weighted by Gasteiger charge is 2.34. The lowest BCUT2D eigenvalue weighted by atomic mass is 9.70. The lowest BCUT2D eigenvalue weighted by Gasteiger charge is -2.37. The Hall–Kier alpha value is -0.550. The number of hydrogen-bond acceptors (Lipinski definition) is 1. The monoisotopic (exact) mass is 236 g/mol. The minimum absolute atomic E-state index is 0.343. The smallest absolute Gasteiger partial charge is 0.122 e. The Morgan fingerprint density at radius 2 is 1.88 bits per heavy atom. The molecule has 0 N–H and O–H groups in total. The van der Waals surface area contributed by atoms with Crippen molar-refractivity contribution in [3.05, 3.63) is 29.8 Å². The molecule has 1 nitrogen and oxygen atoms in total. The molecule has 0 bridgehead atoms. The third kappa shape index (κ3) is 2.11. The number of hydrogen-bond donors (Lipinski definition) is 0. The van der Waals surface area contributed by atoms with Gasteiger partial charge in [-0.3, -0.25) is 0 Å². The van der Waals surface area contributed by atoms with E-state index < -0.39 is 0 Å². The van der Waals surface area contributed by atoms with Gasteiger partial charge in [-0.05, 0) is 25.1 Å². The van der Waals surface area contributed by atoms with Crippen LogP contribution in [0.4, 0.5) is 0 Å². The van der Waals surface area contributed by atoms with Crippen molar-refractivity contribution in [1.29, 1.82) is 0 Å². The van der Waals surface area contributed by atoms with Crippen LogP contribution in [-0.4, -0.2) is 13.3 Å². The van der Waals surface area contributed by atoms with Crippen LogP contribution in [-0.2, 0) is 5.41 Å². The zero-order valence-electron chi connectivity index (χ0n) is 10.0. The first-order valence-corrected chi connectivity index (χ1v) is 6.98. The quantitative estimate of drug-likeness (QED) is 0.726. The first kappa shape index (κ1) is 11.9. The van der Waals surface area contributed by atoms with Gasteiger partial charge in [0.2, 0.25) is 0 Å². The Kier molecular flexibility index (Phi) is 3.86. The van der Waals surface area contributed by atoms with Gasteiger partial charge in [0.1, 0.15) is 5.75 Å². The third-order valence-electron chi connectivity index (χ3n) is 3.88. The highest BCUT2D eigenvalue weighted by Crippen LogP contribution is 2.44. The standard InChI is InChI=1S/C14H21OP/c1-15-13-8-4-3-7-12(13)14(11-16)9-5-2-6-10-14/h3-4,7-8H,2,5-6,9-11,16H2,1H3. The van der Waals surface area contributed by atoms with Gasteiger partial charge < -0.3 is 4.74 Å². The van der Waals surface area contributed by atoms with Crippen LogP contribution in [0.3, 0.4) is 0 Å². The lowest BCUT2D eigenvalue weighted by Crippen LogP contribution is -2.31. The molecule has 1 aromatic carbocycles. The molecule has 2 rings (SSSR count). The molecule has 1 aliphatic rings. The van der Waals surface area contributed by atoms with E-state index in [0.29, 0.717) is 5.41 Å². The van der Waals surface area contributed by atoms with E-state index >= 15 is 0 Å². The van der Waals surface area contributed by atoms with E-state index in [-0.39, 0.29) is 0 Å². The Labute approximate surface area is 101 Å². The fourth-order valence-corrected chi connectivity index (χ4v) is 3.52. The summed E-state index contributed by atoms with van der Waals surface area (Å²) in [6.45, 7) is 0. The van der Waals surface area contributed by atoms with Crippen molar-refractivity contribution in [1.82, 2.24) is 0 Å². The molecule has 1 unspecified atom stereocenters. The predicted octanol–water partition coefficient (Wildman–Crippen LogP) is 3.77. The summed E-state index contributed by atoms with van der Waals surface area (Å²) >= 11 is 0. The summed E-state index contributed by atoms with van der Waals surface area (Å²) in [5, 5.41) is 0. The molecule has 1 atom stereocenters. The van der Waals surface area contributed by atoms with Gasteiger partial charge >= 0.3 is 0 Å². The zero-order valence-corrected chi connectivity index (χ0v) is 11.2. The SMILES string of the molecule is COc1ccccc1C1(CP)CCCCC1. The third-order valence-corrected chi connectivity index (χ3v) is 4.66. The van der Waals surface area contributed by atoms with Crippen molar-refractivity contribution in [2.75, 3.05) is 13.3 Å². The lowest BCUT2D eigenvalue weighted by molar-refractivity contribution is 0.309. The summed E-state index contributed by atoms with van der Waals surface area (Å²) in [6.07, 6.45) is 7.85. The minimum atomic E-state index is 0.343. The average Bonchev–Trinajstić information content (AvgIpc) is 2.39. The van der Waals surface area contributed by atoms with E-state index in [1.165, 1.54) is 37.7 Å². The second-order valence-corrected chi connectivity index (χ2v) is 5.15. The van der Waals surface area contributed by atoms with Gasteiger partial charge in [-0.2, -0.15) is 0 Å². The van der Waals surface area contributed by atoms with Gasteiger partial charge in [-0.25, -0.2) is 0 Å². The van der Waals surface area contributed by atoms with E-state index in [2.05, 4.69) is 33.5 Å². The molecule has 0 aromatic heterocycles. The molecule has 16 heavy (non-hydrogen) atoms. The van der Waals surface area contributed by atoms with Gasteiger partial charge in [0.25, 0.3) is 0 Å². The van der Waals surface area contributed by atoms with Crippen LogP contribution in [0.2, 0.25) is 0 Å². The van der Waals surface area contributed by atoms with Crippen LogP contribution >= 0.6 is 9.24 Å². The fourth-order valence-electron chi connectivity index (χ4n) is 2.89. The second kappa shape index (κ2) is 5.19. The van der Waals surface area contributed by atoms with Gasteiger partial charge in [-0.1, -0.05) is 37.5 Å². The predicted molar refractivity (Wildman–Crippen MR) is 72.3 cm³/mol. The summed E-state index contributed by atoms with van der Waals surface area (Å²) in [5.41, 5.74) is 1.75. The molecule has 0 spiro atoms. The molecule has 0 heterocycles. The molecule has 1 saturated carbocycles. The van der Waals surface area contributed by atoms with Gasteiger partial charge in [0.05, 0.1) is 7.11 Å². The zero-order chi connectivity index (χ0) is 11.4. The molecular weight excluding hydrogens is 215 g/mol. The molecule has 0 radical (unpaired) electrons. The van der Waals surface area contributed by atoms with E-state index in [1.54, 1.807) is 7.11 Å². The summed E-state index contributed by atoms with van der Waals surface area (Å²) in [6, 6.07) is 8.52. The highest BCUT2D eigenvalue weighted by atomic mass is 31.0. The van der Waals surface area contributed by atoms with Gasteiger partial charge in [0.15, 0.2) is 0 Å². The Morgan fingerprint density at radius 3 is 2.50 bits per heavy atom. The number of methoxy groups -OCH3 is 1. The second-order valence-electron chi connectivity index (χ2n) is 4.75. The number of para-hydroxylation sites is 1. The van der Waals surface area contributed by atoms with Gasteiger partial charge in [-0.15, -0.1) is 9.24 Å². The number of benzene rings is 1. The Balaban J connectivity index is 2.38. The molecular formula is C14H21OP. The molecule has 0 amide bonds. The van der Waals surface area contributed by atoms with Crippen molar-refractivity contribution in [3.63, 3.8) is 0 Å². The van der Waals surface area contributed by atoms with Gasteiger partial charge in [0, 0.05) is 11.0 Å². The molecule has 0 aliphatic heterocycles. The van der Waals surface area contributed by atoms with Crippen molar-refractivity contribution in [2.45, 2.75) is 37.5 Å². The fraction of sp³-hybridized carbons (Fsp3) is 0.571. The summed E-state index contributed by atoms with van der Waals surface area (Å²) < 4.78 is 5.52. The Morgan fingerprint density at radius 1 is 1.19 bits per heavy atom. The Bertz CT molecular complexity index is 342. The summed E-state index contributed by atoms with van der Waals surface area (Å²) in [5.74, 6) is 1.06. The largest absolute Gasteiger partial charge is 0.496 e. The first-order valence-electron chi connectivity index (χ1n) is 6.16. The van der Waals surface area contributed by atoms with Crippen LogP contribution in [0.25, 0.3) is 0 Å². The van der Waals surface area contributed by atoms with Crippen molar-refractivity contribution < 1.29 is 4.74 Å². The van der Waals surface area contributed by atoms with Crippen LogP contribution in [0, 0.1) is 0 Å². The topological polar surface area (TPSA) is 9.23 Å². The molecule has 0 saturated heterocycles. The van der Waals surface area contributed by atoms with Crippen LogP contribution in [0.1, 0.15) is 37.7 Å². The van der Waals surface area contributed by atoms with Crippen molar-refractivity contribution in [3.8, 4) is 5.75 Å². The van der Waals surface area contributed by atoms with E-state index in [9.17, 15) is 0 Å². The van der Waals surface area contributed by atoms with E-state index in [1.807, 2.05) is 0 Å². The number of rotatable bonds is 3. The maximum atomic E-state index is 5.52. The van der Waals surface area contributed by atoms with Crippen molar-refractivity contribution in [2.24, 2.45) is 0 Å². The van der Waals surface area contributed by atoms with Crippen LogP contribution in [0.15, 0.2) is 24.3 Å². The van der Waals surface area contributed by atoms with Crippen molar-refractivity contribution >= 4 is 9.24 Å². The molecule has 2 heteroatoms. The number of ether oxygens (including phenoxy) is 1. The van der Waals surface area contributed by atoms with Crippen LogP contribution < -0.4 is 4.74 Å². The highest BCUT2D eigenvalue weighted by molar-refractivity contribution is 7.16. The maximum Gasteiger partial charge on any atom is 0.122 e. The normalized spacial score (nSPS) is 19.4. The summed E-state index contributed by atoms with van der Waals surface area (Å²) in [7, 11) is 4.71. The first-order chi connectivity index (χ1) is 7.82. The molecule has 1 aromatic rings. The molecule has 1 aliphatic carbocycles. The van der Waals surface area contributed by atoms with E-state index in [4.69, 9.17) is 4.74 Å².